The van der Waals surface area contributed by atoms with Crippen molar-refractivity contribution in [2.75, 3.05) is 38.3 Å². The molecule has 2 aromatic carbocycles. The summed E-state index contributed by atoms with van der Waals surface area (Å²) in [7, 11) is 1.74. The molecule has 1 fully saturated rings. The number of guanidine groups is 1. The van der Waals surface area contributed by atoms with Gasteiger partial charge in [0.15, 0.2) is 5.96 Å². The number of nitrogens with one attached hydrogen (secondary N) is 2. The van der Waals surface area contributed by atoms with Gasteiger partial charge >= 0.3 is 0 Å². The van der Waals surface area contributed by atoms with Gasteiger partial charge in [-0.3, -0.25) is 4.99 Å². The van der Waals surface area contributed by atoms with Gasteiger partial charge in [0, 0.05) is 32.4 Å². The molecular weight excluding hydrogens is 355 g/mol. The number of hydrogen-bond acceptors (Lipinski definition) is 3. The fraction of sp³-hybridized carbons (Fsp3) is 0.409. The van der Waals surface area contributed by atoms with Crippen LogP contribution in [0.1, 0.15) is 29.7 Å². The molecule has 2 aromatic rings. The second kappa shape index (κ2) is 9.55. The molecular formula is C22H29FN4O. The van der Waals surface area contributed by atoms with Gasteiger partial charge in [0.1, 0.15) is 5.82 Å². The van der Waals surface area contributed by atoms with E-state index in [4.69, 9.17) is 4.74 Å². The van der Waals surface area contributed by atoms with Gasteiger partial charge in [-0.2, -0.15) is 0 Å². The van der Waals surface area contributed by atoms with Gasteiger partial charge in [0.25, 0.3) is 0 Å². The van der Waals surface area contributed by atoms with Crippen molar-refractivity contribution in [2.24, 2.45) is 4.99 Å². The molecule has 2 N–H and O–H groups in total. The molecule has 0 bridgehead atoms. The lowest BCUT2D eigenvalue weighted by molar-refractivity contribution is 0.122. The van der Waals surface area contributed by atoms with E-state index < -0.39 is 0 Å². The molecule has 0 spiro atoms. The van der Waals surface area contributed by atoms with Crippen LogP contribution in [0.4, 0.5) is 10.1 Å². The third-order valence-electron chi connectivity index (χ3n) is 5.05. The minimum atomic E-state index is -0.186. The van der Waals surface area contributed by atoms with Crippen molar-refractivity contribution in [3.05, 3.63) is 65.0 Å². The van der Waals surface area contributed by atoms with Gasteiger partial charge in [-0.1, -0.05) is 24.3 Å². The molecule has 1 atom stereocenters. The summed E-state index contributed by atoms with van der Waals surface area (Å²) in [5.74, 6) is 0.500. The van der Waals surface area contributed by atoms with E-state index in [-0.39, 0.29) is 11.9 Å². The van der Waals surface area contributed by atoms with E-state index in [2.05, 4.69) is 44.8 Å². The van der Waals surface area contributed by atoms with E-state index >= 15 is 0 Å². The first kappa shape index (κ1) is 20.1. The van der Waals surface area contributed by atoms with Crippen LogP contribution in [-0.2, 0) is 11.3 Å². The van der Waals surface area contributed by atoms with Gasteiger partial charge < -0.3 is 20.3 Å². The van der Waals surface area contributed by atoms with Crippen LogP contribution in [0, 0.1) is 12.7 Å². The standard InChI is InChI=1S/C22H29FN4O/c1-16-4-7-19(14-21(16)23)17(2)26-22(24-3)25-15-18-5-8-20(9-6-18)27-10-12-28-13-11-27/h4-9,14,17H,10-13,15H2,1-3H3,(H2,24,25,26). The van der Waals surface area contributed by atoms with Crippen molar-refractivity contribution < 1.29 is 9.13 Å². The Morgan fingerprint density at radius 2 is 1.89 bits per heavy atom. The van der Waals surface area contributed by atoms with Gasteiger partial charge in [-0.15, -0.1) is 0 Å². The summed E-state index contributed by atoms with van der Waals surface area (Å²) in [4.78, 5) is 6.62. The molecule has 0 aromatic heterocycles. The molecule has 0 amide bonds. The number of ether oxygens (including phenoxy) is 1. The highest BCUT2D eigenvalue weighted by atomic mass is 19.1. The predicted molar refractivity (Wildman–Crippen MR) is 112 cm³/mol. The third kappa shape index (κ3) is 5.23. The van der Waals surface area contributed by atoms with Gasteiger partial charge in [-0.05, 0) is 48.7 Å². The molecule has 28 heavy (non-hydrogen) atoms. The number of morpholine rings is 1. The number of aryl methyl sites for hydroxylation is 1. The first-order valence-electron chi connectivity index (χ1n) is 9.71. The fourth-order valence-corrected chi connectivity index (χ4v) is 3.19. The lowest BCUT2D eigenvalue weighted by atomic mass is 10.1. The summed E-state index contributed by atoms with van der Waals surface area (Å²) in [5.41, 5.74) is 3.94. The van der Waals surface area contributed by atoms with Gasteiger partial charge in [-0.25, -0.2) is 4.39 Å². The molecule has 0 saturated carbocycles. The van der Waals surface area contributed by atoms with Crippen LogP contribution in [0.2, 0.25) is 0 Å². The lowest BCUT2D eigenvalue weighted by Gasteiger charge is -2.29. The molecule has 5 nitrogen and oxygen atoms in total. The van der Waals surface area contributed by atoms with Crippen molar-refractivity contribution in [2.45, 2.75) is 26.4 Å². The number of hydrogen-bond donors (Lipinski definition) is 2. The number of nitrogens with zero attached hydrogens (tertiary/aromatic N) is 2. The number of anilines is 1. The lowest BCUT2D eigenvalue weighted by Crippen LogP contribution is -2.38. The highest BCUT2D eigenvalue weighted by Crippen LogP contribution is 2.17. The quantitative estimate of drug-likeness (QED) is 0.613. The summed E-state index contributed by atoms with van der Waals surface area (Å²) in [6.45, 7) is 7.87. The molecule has 1 aliphatic heterocycles. The highest BCUT2D eigenvalue weighted by molar-refractivity contribution is 5.80. The van der Waals surface area contributed by atoms with Crippen molar-refractivity contribution in [3.8, 4) is 0 Å². The molecule has 1 unspecified atom stereocenters. The largest absolute Gasteiger partial charge is 0.378 e. The Balaban J connectivity index is 1.54. The number of benzene rings is 2. The van der Waals surface area contributed by atoms with Crippen LogP contribution >= 0.6 is 0 Å². The van der Waals surface area contributed by atoms with Crippen molar-refractivity contribution in [3.63, 3.8) is 0 Å². The Labute approximate surface area is 166 Å². The first-order chi connectivity index (χ1) is 13.6. The maximum atomic E-state index is 13.8. The second-order valence-corrected chi connectivity index (χ2v) is 7.07. The molecule has 0 radical (unpaired) electrons. The van der Waals surface area contributed by atoms with E-state index in [1.165, 1.54) is 11.3 Å². The van der Waals surface area contributed by atoms with E-state index in [1.54, 1.807) is 26.1 Å². The fourth-order valence-electron chi connectivity index (χ4n) is 3.19. The van der Waals surface area contributed by atoms with Gasteiger partial charge in [0.2, 0.25) is 0 Å². The summed E-state index contributed by atoms with van der Waals surface area (Å²) in [6.07, 6.45) is 0. The summed E-state index contributed by atoms with van der Waals surface area (Å²) >= 11 is 0. The van der Waals surface area contributed by atoms with Crippen molar-refractivity contribution in [1.29, 1.82) is 0 Å². The SMILES string of the molecule is CN=C(NCc1ccc(N2CCOCC2)cc1)NC(C)c1ccc(C)c(F)c1. The minimum Gasteiger partial charge on any atom is -0.378 e. The molecule has 150 valence electrons. The summed E-state index contributed by atoms with van der Waals surface area (Å²) in [6, 6.07) is 13.8. The zero-order valence-corrected chi connectivity index (χ0v) is 16.8. The first-order valence-corrected chi connectivity index (χ1v) is 9.71. The number of halogens is 1. The van der Waals surface area contributed by atoms with Gasteiger partial charge in [0.05, 0.1) is 19.3 Å². The third-order valence-corrected chi connectivity index (χ3v) is 5.05. The maximum absolute atomic E-state index is 13.8. The zero-order valence-electron chi connectivity index (χ0n) is 16.8. The van der Waals surface area contributed by atoms with E-state index in [0.717, 1.165) is 31.9 Å². The average Bonchev–Trinajstić information content (AvgIpc) is 2.74. The van der Waals surface area contributed by atoms with Crippen LogP contribution in [0.25, 0.3) is 0 Å². The Kier molecular flexibility index (Phi) is 6.87. The molecule has 1 saturated heterocycles. The smallest absolute Gasteiger partial charge is 0.191 e. The Bertz CT molecular complexity index is 801. The number of aliphatic imine (C=N–C) groups is 1. The predicted octanol–water partition coefficient (Wildman–Crippen LogP) is 3.40. The van der Waals surface area contributed by atoms with Crippen LogP contribution in [0.3, 0.4) is 0 Å². The van der Waals surface area contributed by atoms with E-state index in [9.17, 15) is 4.39 Å². The normalized spacial score (nSPS) is 16.0. The molecule has 3 rings (SSSR count). The molecule has 1 heterocycles. The Hall–Kier alpha value is -2.60. The van der Waals surface area contributed by atoms with E-state index in [1.807, 2.05) is 13.0 Å². The summed E-state index contributed by atoms with van der Waals surface area (Å²) < 4.78 is 19.2. The van der Waals surface area contributed by atoms with Crippen LogP contribution in [0.5, 0.6) is 0 Å². The topological polar surface area (TPSA) is 48.9 Å². The second-order valence-electron chi connectivity index (χ2n) is 7.07. The van der Waals surface area contributed by atoms with Crippen LogP contribution in [0.15, 0.2) is 47.5 Å². The van der Waals surface area contributed by atoms with Crippen molar-refractivity contribution in [1.82, 2.24) is 10.6 Å². The average molecular weight is 384 g/mol. The highest BCUT2D eigenvalue weighted by Gasteiger charge is 2.12. The maximum Gasteiger partial charge on any atom is 0.191 e. The zero-order chi connectivity index (χ0) is 19.9. The van der Waals surface area contributed by atoms with E-state index in [0.29, 0.717) is 18.1 Å². The van der Waals surface area contributed by atoms with Crippen LogP contribution < -0.4 is 15.5 Å². The molecule has 1 aliphatic rings. The monoisotopic (exact) mass is 384 g/mol. The number of rotatable bonds is 5. The molecule has 0 aliphatic carbocycles. The van der Waals surface area contributed by atoms with Crippen molar-refractivity contribution >= 4 is 11.6 Å². The summed E-state index contributed by atoms with van der Waals surface area (Å²) in [5, 5.41) is 6.64. The molecule has 6 heteroatoms. The Morgan fingerprint density at radius 3 is 2.54 bits per heavy atom. The minimum absolute atomic E-state index is 0.0509. The van der Waals surface area contributed by atoms with Crippen LogP contribution in [-0.4, -0.2) is 39.3 Å². The Morgan fingerprint density at radius 1 is 1.18 bits per heavy atom.